The summed E-state index contributed by atoms with van der Waals surface area (Å²) in [6.45, 7) is 1.40. The zero-order chi connectivity index (χ0) is 28.8. The maximum absolute atomic E-state index is 14.1. The van der Waals surface area contributed by atoms with Crippen LogP contribution >= 0.6 is 27.5 Å². The van der Waals surface area contributed by atoms with Gasteiger partial charge in [0.25, 0.3) is 5.91 Å². The van der Waals surface area contributed by atoms with E-state index in [9.17, 15) is 19.2 Å². The molecule has 4 aliphatic rings. The van der Waals surface area contributed by atoms with E-state index in [4.69, 9.17) is 16.3 Å². The van der Waals surface area contributed by atoms with Crippen LogP contribution in [0, 0.1) is 11.8 Å². The number of carbonyl (C=O) groups is 4. The van der Waals surface area contributed by atoms with Crippen molar-refractivity contribution >= 4 is 56.9 Å². The van der Waals surface area contributed by atoms with Crippen molar-refractivity contribution in [1.29, 1.82) is 0 Å². The number of esters is 1. The van der Waals surface area contributed by atoms with E-state index in [1.807, 2.05) is 55.5 Å². The van der Waals surface area contributed by atoms with E-state index in [0.717, 1.165) is 38.0 Å². The van der Waals surface area contributed by atoms with E-state index in [1.165, 1.54) is 0 Å². The summed E-state index contributed by atoms with van der Waals surface area (Å²) in [7, 11) is 0. The summed E-state index contributed by atoms with van der Waals surface area (Å²) in [5.41, 5.74) is 4.64. The molecule has 0 saturated carbocycles. The van der Waals surface area contributed by atoms with E-state index in [2.05, 4.69) is 21.2 Å². The van der Waals surface area contributed by atoms with E-state index in [1.54, 1.807) is 18.2 Å². The lowest BCUT2D eigenvalue weighted by Gasteiger charge is -2.45. The molecule has 0 spiro atoms. The van der Waals surface area contributed by atoms with E-state index >= 15 is 0 Å². The molecule has 41 heavy (non-hydrogen) atoms. The third-order valence-electron chi connectivity index (χ3n) is 8.45. The molecule has 1 heterocycles. The second-order valence-electron chi connectivity index (χ2n) is 10.7. The van der Waals surface area contributed by atoms with Gasteiger partial charge in [-0.25, -0.2) is 4.79 Å². The molecule has 0 unspecified atom stereocenters. The lowest BCUT2D eigenvalue weighted by molar-refractivity contribution is -0.160. The normalized spacial score (nSPS) is 22.6. The summed E-state index contributed by atoms with van der Waals surface area (Å²) < 4.78 is 6.16. The Morgan fingerprint density at radius 1 is 0.927 bits per heavy atom. The minimum Gasteiger partial charge on any atom is -0.454 e. The van der Waals surface area contributed by atoms with E-state index < -0.39 is 36.4 Å². The molecule has 9 heteroatoms. The van der Waals surface area contributed by atoms with E-state index in [-0.39, 0.29) is 30.1 Å². The molecule has 3 atom stereocenters. The predicted molar refractivity (Wildman–Crippen MR) is 157 cm³/mol. The third-order valence-corrected chi connectivity index (χ3v) is 9.25. The highest BCUT2D eigenvalue weighted by Gasteiger charge is 2.63. The van der Waals surface area contributed by atoms with Crippen molar-refractivity contribution < 1.29 is 23.9 Å². The van der Waals surface area contributed by atoms with Crippen LogP contribution in [0.3, 0.4) is 0 Å². The summed E-state index contributed by atoms with van der Waals surface area (Å²) in [6.07, 6.45) is 1.64. The van der Waals surface area contributed by atoms with Gasteiger partial charge in [-0.15, -0.1) is 0 Å². The van der Waals surface area contributed by atoms with Crippen LogP contribution in [0.4, 0.5) is 5.69 Å². The van der Waals surface area contributed by atoms with Gasteiger partial charge in [0, 0.05) is 16.3 Å². The number of hydrogen-bond acceptors (Lipinski definition) is 5. The fourth-order valence-corrected chi connectivity index (χ4v) is 7.49. The molecule has 7 rings (SSSR count). The smallest absolute Gasteiger partial charge is 0.329 e. The molecule has 2 bridgehead atoms. The van der Waals surface area contributed by atoms with Crippen LogP contribution in [0.15, 0.2) is 71.2 Å². The highest BCUT2D eigenvalue weighted by molar-refractivity contribution is 9.10. The molecule has 1 fully saturated rings. The number of rotatable bonds is 8. The maximum Gasteiger partial charge on any atom is 0.329 e. The Balaban J connectivity index is 1.26. The first-order valence-electron chi connectivity index (χ1n) is 13.8. The van der Waals surface area contributed by atoms with Crippen LogP contribution in [-0.2, 0) is 23.9 Å². The average Bonchev–Trinajstić information content (AvgIpc) is 3.24. The second-order valence-corrected chi connectivity index (χ2v) is 12.1. The van der Waals surface area contributed by atoms with Gasteiger partial charge < -0.3 is 10.1 Å². The minimum absolute atomic E-state index is 0.261. The molecule has 1 aliphatic heterocycles. The van der Waals surface area contributed by atoms with Crippen molar-refractivity contribution in [3.05, 3.63) is 98.5 Å². The predicted octanol–water partition coefficient (Wildman–Crippen LogP) is 6.04. The first-order chi connectivity index (χ1) is 19.8. The Kier molecular flexibility index (Phi) is 7.47. The number of imide groups is 1. The Morgan fingerprint density at radius 3 is 1.95 bits per heavy atom. The summed E-state index contributed by atoms with van der Waals surface area (Å²) in [4.78, 5) is 55.4. The van der Waals surface area contributed by atoms with Crippen LogP contribution < -0.4 is 5.32 Å². The molecule has 3 amide bonds. The van der Waals surface area contributed by atoms with Crippen molar-refractivity contribution in [3.63, 3.8) is 0 Å². The molecule has 7 nitrogen and oxygen atoms in total. The number of hydrogen-bond donors (Lipinski definition) is 1. The molecule has 0 radical (unpaired) electrons. The monoisotopic (exact) mass is 634 g/mol. The number of halogens is 2. The Bertz CT molecular complexity index is 1460. The molecule has 3 aromatic rings. The van der Waals surface area contributed by atoms with Crippen LogP contribution in [-0.4, -0.2) is 41.2 Å². The van der Waals surface area contributed by atoms with Gasteiger partial charge in [0.2, 0.25) is 11.8 Å². The van der Waals surface area contributed by atoms with Crippen LogP contribution in [0.25, 0.3) is 0 Å². The standard InChI is InChI=1S/C32H28BrClN2O5/c1-2-3-12-24(32(40)41-16-25(37)35-23-14-13-17(33)15-22(23)34)36-30(38)28-26-18-8-4-5-9-19(18)27(29(28)31(36)39)21-11-7-6-10-20(21)26/h4-11,13-15,24,26-29H,2-3,12,16H2,1H3,(H,35,37)/t24-,26?,27?,28-,29+/m0/s1. The molecular formula is C32H28BrClN2O5. The topological polar surface area (TPSA) is 92.8 Å². The summed E-state index contributed by atoms with van der Waals surface area (Å²) in [5, 5.41) is 2.95. The average molecular weight is 636 g/mol. The summed E-state index contributed by atoms with van der Waals surface area (Å²) in [5.74, 6) is -3.72. The van der Waals surface area contributed by atoms with Crippen LogP contribution in [0.5, 0.6) is 0 Å². The lowest BCUT2D eigenvalue weighted by Crippen LogP contribution is -2.47. The first kappa shape index (κ1) is 27.7. The fourth-order valence-electron chi connectivity index (χ4n) is 6.77. The number of ether oxygens (including phenoxy) is 1. The summed E-state index contributed by atoms with van der Waals surface area (Å²) in [6, 6.07) is 19.9. The van der Waals surface area contributed by atoms with Gasteiger partial charge in [-0.05, 0) is 46.9 Å². The van der Waals surface area contributed by atoms with E-state index in [0.29, 0.717) is 17.1 Å². The minimum atomic E-state index is -1.10. The largest absolute Gasteiger partial charge is 0.454 e. The van der Waals surface area contributed by atoms with Gasteiger partial charge in [-0.2, -0.15) is 0 Å². The van der Waals surface area contributed by atoms with Crippen LogP contribution in [0.1, 0.15) is 60.3 Å². The highest BCUT2D eigenvalue weighted by atomic mass is 79.9. The van der Waals surface area contributed by atoms with Gasteiger partial charge in [0.15, 0.2) is 6.61 Å². The first-order valence-corrected chi connectivity index (χ1v) is 14.9. The van der Waals surface area contributed by atoms with Crippen molar-refractivity contribution in [2.24, 2.45) is 11.8 Å². The molecule has 3 aromatic carbocycles. The van der Waals surface area contributed by atoms with Gasteiger partial charge in [0.1, 0.15) is 6.04 Å². The van der Waals surface area contributed by atoms with Crippen molar-refractivity contribution in [2.75, 3.05) is 11.9 Å². The number of benzene rings is 3. The van der Waals surface area contributed by atoms with Crippen molar-refractivity contribution in [2.45, 2.75) is 44.1 Å². The lowest BCUT2D eigenvalue weighted by atomic mass is 9.55. The molecule has 0 aromatic heterocycles. The van der Waals surface area contributed by atoms with Crippen molar-refractivity contribution in [3.8, 4) is 0 Å². The third kappa shape index (κ3) is 4.67. The Hall–Kier alpha value is -3.49. The second kappa shape index (κ2) is 11.1. The molecular weight excluding hydrogens is 608 g/mol. The number of nitrogens with one attached hydrogen (secondary N) is 1. The SMILES string of the molecule is CCCC[C@@H](C(=O)OCC(=O)Nc1ccc(Br)cc1Cl)N1C(=O)[C@@H]2C3c4ccccc4C(c4ccccc43)[C@@H]2C1=O. The maximum atomic E-state index is 14.1. The zero-order valence-corrected chi connectivity index (χ0v) is 24.7. The number of carbonyl (C=O) groups excluding carboxylic acids is 4. The molecule has 3 aliphatic carbocycles. The Labute approximate surface area is 251 Å². The van der Waals surface area contributed by atoms with Crippen molar-refractivity contribution in [1.82, 2.24) is 4.90 Å². The molecule has 1 saturated heterocycles. The number of nitrogens with zero attached hydrogens (tertiary/aromatic N) is 1. The number of anilines is 1. The van der Waals surface area contributed by atoms with Gasteiger partial charge in [0.05, 0.1) is 22.5 Å². The van der Waals surface area contributed by atoms with Gasteiger partial charge in [-0.1, -0.05) is 95.8 Å². The highest BCUT2D eigenvalue weighted by Crippen LogP contribution is 2.61. The fraction of sp³-hybridized carbons (Fsp3) is 0.312. The van der Waals surface area contributed by atoms with Gasteiger partial charge in [-0.3, -0.25) is 19.3 Å². The number of amides is 3. The van der Waals surface area contributed by atoms with Crippen LogP contribution in [0.2, 0.25) is 5.02 Å². The molecule has 210 valence electrons. The number of likely N-dealkylation sites (tertiary alicyclic amines) is 1. The number of unbranched alkanes of at least 4 members (excludes halogenated alkanes) is 1. The van der Waals surface area contributed by atoms with Gasteiger partial charge >= 0.3 is 5.97 Å². The quantitative estimate of drug-likeness (QED) is 0.241. The Morgan fingerprint density at radius 2 is 1.46 bits per heavy atom. The zero-order valence-electron chi connectivity index (χ0n) is 22.3. The molecule has 1 N–H and O–H groups in total. The summed E-state index contributed by atoms with van der Waals surface area (Å²) >= 11 is 9.50.